The lowest BCUT2D eigenvalue weighted by molar-refractivity contribution is 0.112. The van der Waals surface area contributed by atoms with Crippen molar-refractivity contribution >= 4 is 6.29 Å². The molecule has 0 atom stereocenters. The van der Waals surface area contributed by atoms with Crippen LogP contribution in [0.15, 0.2) is 24.4 Å². The van der Waals surface area contributed by atoms with E-state index in [2.05, 4.69) is 4.98 Å². The van der Waals surface area contributed by atoms with E-state index in [1.165, 1.54) is 0 Å². The number of rotatable bonds is 2. The first-order chi connectivity index (χ1) is 7.63. The number of carbonyl (C=O) groups excluding carboxylic acids is 1. The second-order valence-corrected chi connectivity index (χ2v) is 3.94. The minimum Gasteiger partial charge on any atom is -0.316 e. The summed E-state index contributed by atoms with van der Waals surface area (Å²) in [6.07, 6.45) is 2.71. The summed E-state index contributed by atoms with van der Waals surface area (Å²) in [5.74, 6) is 0. The molecule has 82 valence electrons. The summed E-state index contributed by atoms with van der Waals surface area (Å²) < 4.78 is 2.04. The summed E-state index contributed by atoms with van der Waals surface area (Å²) in [5, 5.41) is 0. The van der Waals surface area contributed by atoms with E-state index < -0.39 is 0 Å². The molecule has 0 radical (unpaired) electrons. The molecule has 0 aromatic carbocycles. The molecule has 0 aliphatic carbocycles. The number of hydrogen-bond acceptors (Lipinski definition) is 2. The first-order valence-electron chi connectivity index (χ1n) is 5.20. The second kappa shape index (κ2) is 3.93. The van der Waals surface area contributed by atoms with E-state index in [4.69, 9.17) is 0 Å². The SMILES string of the molecule is Cc1ccc(-n2c(C)cc(C=O)c2C)cn1. The third kappa shape index (κ3) is 1.65. The standard InChI is InChI=1S/C13H14N2O/c1-9-4-5-13(7-14-9)15-10(2)6-12(8-16)11(15)3/h4-8H,1-3H3. The van der Waals surface area contributed by atoms with Gasteiger partial charge in [-0.25, -0.2) is 0 Å². The number of carbonyl (C=O) groups is 1. The van der Waals surface area contributed by atoms with Gasteiger partial charge < -0.3 is 4.57 Å². The lowest BCUT2D eigenvalue weighted by Crippen LogP contribution is -2.00. The zero-order valence-electron chi connectivity index (χ0n) is 9.69. The first kappa shape index (κ1) is 10.6. The quantitative estimate of drug-likeness (QED) is 0.720. The molecule has 2 heterocycles. The van der Waals surface area contributed by atoms with E-state index in [1.54, 1.807) is 0 Å². The van der Waals surface area contributed by atoms with Crippen LogP contribution in [0, 0.1) is 20.8 Å². The van der Waals surface area contributed by atoms with Gasteiger partial charge in [0.2, 0.25) is 0 Å². The smallest absolute Gasteiger partial charge is 0.151 e. The Balaban J connectivity index is 2.59. The van der Waals surface area contributed by atoms with Crippen LogP contribution in [0.4, 0.5) is 0 Å². The monoisotopic (exact) mass is 214 g/mol. The fourth-order valence-electron chi connectivity index (χ4n) is 1.90. The maximum Gasteiger partial charge on any atom is 0.151 e. The average Bonchev–Trinajstić information content (AvgIpc) is 2.56. The van der Waals surface area contributed by atoms with Crippen LogP contribution in [0.5, 0.6) is 0 Å². The van der Waals surface area contributed by atoms with E-state index in [1.807, 2.05) is 49.7 Å². The van der Waals surface area contributed by atoms with Crippen molar-refractivity contribution < 1.29 is 4.79 Å². The summed E-state index contributed by atoms with van der Waals surface area (Å²) in [6.45, 7) is 5.88. The van der Waals surface area contributed by atoms with Crippen molar-refractivity contribution in [2.24, 2.45) is 0 Å². The maximum atomic E-state index is 10.8. The number of aromatic nitrogens is 2. The summed E-state index contributed by atoms with van der Waals surface area (Å²) in [7, 11) is 0. The van der Waals surface area contributed by atoms with Crippen LogP contribution in [-0.2, 0) is 0 Å². The van der Waals surface area contributed by atoms with E-state index >= 15 is 0 Å². The molecular formula is C13H14N2O. The molecule has 2 aromatic heterocycles. The second-order valence-electron chi connectivity index (χ2n) is 3.94. The van der Waals surface area contributed by atoms with Gasteiger partial charge in [-0.3, -0.25) is 9.78 Å². The molecule has 3 nitrogen and oxygen atoms in total. The van der Waals surface area contributed by atoms with Gasteiger partial charge in [0, 0.05) is 22.6 Å². The van der Waals surface area contributed by atoms with Crippen LogP contribution in [0.2, 0.25) is 0 Å². The minimum atomic E-state index is 0.734. The van der Waals surface area contributed by atoms with E-state index in [9.17, 15) is 4.79 Å². The Morgan fingerprint density at radius 1 is 1.25 bits per heavy atom. The Bertz CT molecular complexity index is 524. The van der Waals surface area contributed by atoms with Gasteiger partial charge in [-0.15, -0.1) is 0 Å². The molecule has 2 aromatic rings. The predicted octanol–water partition coefficient (Wildman–Crippen LogP) is 2.61. The molecule has 16 heavy (non-hydrogen) atoms. The molecular weight excluding hydrogens is 200 g/mol. The normalized spacial score (nSPS) is 10.4. The number of aryl methyl sites for hydroxylation is 2. The Morgan fingerprint density at radius 2 is 2.00 bits per heavy atom. The van der Waals surface area contributed by atoms with Crippen LogP contribution in [-0.4, -0.2) is 15.8 Å². The fourth-order valence-corrected chi connectivity index (χ4v) is 1.90. The van der Waals surface area contributed by atoms with Crippen molar-refractivity contribution in [2.45, 2.75) is 20.8 Å². The third-order valence-corrected chi connectivity index (χ3v) is 2.75. The number of aldehydes is 1. The summed E-state index contributed by atoms with van der Waals surface area (Å²) >= 11 is 0. The molecule has 0 spiro atoms. The molecule has 3 heteroatoms. The summed E-state index contributed by atoms with van der Waals surface area (Å²) in [6, 6.07) is 5.87. The molecule has 0 saturated carbocycles. The fraction of sp³-hybridized carbons (Fsp3) is 0.231. The minimum absolute atomic E-state index is 0.734. The van der Waals surface area contributed by atoms with Gasteiger partial charge in [-0.2, -0.15) is 0 Å². The average molecular weight is 214 g/mol. The van der Waals surface area contributed by atoms with Gasteiger partial charge in [-0.05, 0) is 39.0 Å². The predicted molar refractivity (Wildman–Crippen MR) is 63.2 cm³/mol. The van der Waals surface area contributed by atoms with Crippen molar-refractivity contribution in [1.82, 2.24) is 9.55 Å². The van der Waals surface area contributed by atoms with Gasteiger partial charge in [-0.1, -0.05) is 0 Å². The van der Waals surface area contributed by atoms with Gasteiger partial charge in [0.15, 0.2) is 6.29 Å². The zero-order valence-corrected chi connectivity index (χ0v) is 9.69. The molecule has 2 rings (SSSR count). The largest absolute Gasteiger partial charge is 0.316 e. The van der Waals surface area contributed by atoms with Crippen molar-refractivity contribution in [1.29, 1.82) is 0 Å². The van der Waals surface area contributed by atoms with Gasteiger partial charge in [0.05, 0.1) is 11.9 Å². The Hall–Kier alpha value is -1.90. The van der Waals surface area contributed by atoms with E-state index in [0.29, 0.717) is 0 Å². The highest BCUT2D eigenvalue weighted by Gasteiger charge is 2.09. The van der Waals surface area contributed by atoms with Crippen molar-refractivity contribution in [2.75, 3.05) is 0 Å². The van der Waals surface area contributed by atoms with Crippen molar-refractivity contribution in [3.8, 4) is 5.69 Å². The molecule has 0 N–H and O–H groups in total. The Morgan fingerprint density at radius 3 is 2.50 bits per heavy atom. The van der Waals surface area contributed by atoms with E-state index in [-0.39, 0.29) is 0 Å². The Labute approximate surface area is 94.7 Å². The van der Waals surface area contributed by atoms with Crippen LogP contribution >= 0.6 is 0 Å². The Kier molecular flexibility index (Phi) is 2.60. The lowest BCUT2D eigenvalue weighted by Gasteiger charge is -2.08. The van der Waals surface area contributed by atoms with Gasteiger partial charge >= 0.3 is 0 Å². The zero-order chi connectivity index (χ0) is 11.7. The van der Waals surface area contributed by atoms with E-state index in [0.717, 1.165) is 34.6 Å². The molecule has 0 aliphatic rings. The van der Waals surface area contributed by atoms with Crippen molar-refractivity contribution in [3.63, 3.8) is 0 Å². The topological polar surface area (TPSA) is 34.9 Å². The van der Waals surface area contributed by atoms with Crippen molar-refractivity contribution in [3.05, 3.63) is 47.0 Å². The molecule has 0 unspecified atom stereocenters. The maximum absolute atomic E-state index is 10.8. The highest BCUT2D eigenvalue weighted by Crippen LogP contribution is 2.18. The molecule has 0 bridgehead atoms. The number of hydrogen-bond donors (Lipinski definition) is 0. The summed E-state index contributed by atoms with van der Waals surface area (Å²) in [4.78, 5) is 15.1. The highest BCUT2D eigenvalue weighted by atomic mass is 16.1. The lowest BCUT2D eigenvalue weighted by atomic mass is 10.3. The van der Waals surface area contributed by atoms with Crippen LogP contribution < -0.4 is 0 Å². The first-order valence-corrected chi connectivity index (χ1v) is 5.20. The molecule has 0 saturated heterocycles. The third-order valence-electron chi connectivity index (χ3n) is 2.75. The summed E-state index contributed by atoms with van der Waals surface area (Å²) in [5.41, 5.74) is 4.72. The number of nitrogens with zero attached hydrogens (tertiary/aromatic N) is 2. The van der Waals surface area contributed by atoms with Crippen LogP contribution in [0.1, 0.15) is 27.4 Å². The van der Waals surface area contributed by atoms with Crippen LogP contribution in [0.25, 0.3) is 5.69 Å². The molecule has 0 amide bonds. The van der Waals surface area contributed by atoms with Gasteiger partial charge in [0.1, 0.15) is 0 Å². The number of pyridine rings is 1. The van der Waals surface area contributed by atoms with Crippen LogP contribution in [0.3, 0.4) is 0 Å². The molecule has 0 aliphatic heterocycles. The molecule has 0 fully saturated rings. The highest BCUT2D eigenvalue weighted by molar-refractivity contribution is 5.77. The van der Waals surface area contributed by atoms with Gasteiger partial charge in [0.25, 0.3) is 0 Å².